The van der Waals surface area contributed by atoms with Crippen molar-refractivity contribution in [1.82, 2.24) is 4.98 Å². The number of aromatic hydroxyl groups is 2. The summed E-state index contributed by atoms with van der Waals surface area (Å²) in [5.41, 5.74) is 12.7. The lowest BCUT2D eigenvalue weighted by atomic mass is 10.1. The molecule has 2 atom stereocenters. The normalized spacial score (nSPS) is 13.5. The zero-order valence-electron chi connectivity index (χ0n) is 15.6. The summed E-state index contributed by atoms with van der Waals surface area (Å²) in [5.74, 6) is -0.358. The van der Waals surface area contributed by atoms with Crippen LogP contribution in [0.3, 0.4) is 0 Å². The molecule has 0 amide bonds. The highest BCUT2D eigenvalue weighted by atomic mass is 16.3. The molecular weight excluding hydrogens is 330 g/mol. The first-order chi connectivity index (χ1) is 12.5. The number of nitrogens with one attached hydrogen (secondary N) is 2. The molecule has 0 fully saturated rings. The van der Waals surface area contributed by atoms with E-state index in [1.54, 1.807) is 6.20 Å². The van der Waals surface area contributed by atoms with E-state index in [9.17, 15) is 10.2 Å². The van der Waals surface area contributed by atoms with E-state index in [0.29, 0.717) is 30.0 Å². The van der Waals surface area contributed by atoms with Crippen molar-refractivity contribution in [1.29, 1.82) is 0 Å². The van der Waals surface area contributed by atoms with Crippen molar-refractivity contribution in [3.63, 3.8) is 0 Å². The Morgan fingerprint density at radius 1 is 0.962 bits per heavy atom. The van der Waals surface area contributed by atoms with Gasteiger partial charge < -0.3 is 32.3 Å². The molecule has 0 saturated heterocycles. The zero-order valence-corrected chi connectivity index (χ0v) is 15.6. The molecule has 2 aromatic rings. The second kappa shape index (κ2) is 9.45. The minimum atomic E-state index is -0.190. The monoisotopic (exact) mass is 361 g/mol. The topological polar surface area (TPSA) is 129 Å². The third-order valence-electron chi connectivity index (χ3n) is 4.48. The molecule has 0 aliphatic rings. The molecule has 1 heterocycles. The number of hydrogen-bond acceptors (Lipinski definition) is 7. The molecule has 0 spiro atoms. The number of pyridine rings is 1. The predicted molar refractivity (Wildman–Crippen MR) is 108 cm³/mol. The van der Waals surface area contributed by atoms with Crippen molar-refractivity contribution in [2.75, 3.05) is 23.7 Å². The van der Waals surface area contributed by atoms with Crippen LogP contribution in [0.25, 0.3) is 10.9 Å². The molecule has 0 aliphatic carbocycles. The molecule has 0 radical (unpaired) electrons. The fourth-order valence-corrected chi connectivity index (χ4v) is 3.05. The van der Waals surface area contributed by atoms with Gasteiger partial charge in [-0.15, -0.1) is 0 Å². The number of aromatic nitrogens is 1. The van der Waals surface area contributed by atoms with Gasteiger partial charge in [-0.3, -0.25) is 4.98 Å². The molecule has 2 unspecified atom stereocenters. The lowest BCUT2D eigenvalue weighted by molar-refractivity contribution is 0.406. The summed E-state index contributed by atoms with van der Waals surface area (Å²) in [5, 5.41) is 28.5. The van der Waals surface area contributed by atoms with Gasteiger partial charge in [0.15, 0.2) is 11.5 Å². The van der Waals surface area contributed by atoms with Crippen molar-refractivity contribution in [2.24, 2.45) is 11.5 Å². The molecule has 8 N–H and O–H groups in total. The largest absolute Gasteiger partial charge is 0.503 e. The predicted octanol–water partition coefficient (Wildman–Crippen LogP) is 2.72. The van der Waals surface area contributed by atoms with Crippen LogP contribution in [0.1, 0.15) is 39.5 Å². The van der Waals surface area contributed by atoms with Crippen molar-refractivity contribution in [2.45, 2.75) is 51.6 Å². The molecule has 0 bridgehead atoms. The lowest BCUT2D eigenvalue weighted by Crippen LogP contribution is -2.19. The number of phenolic OH excluding ortho intramolecular Hbond substituents is 2. The third-order valence-corrected chi connectivity index (χ3v) is 4.48. The maximum Gasteiger partial charge on any atom is 0.185 e. The lowest BCUT2D eigenvalue weighted by Gasteiger charge is -2.22. The van der Waals surface area contributed by atoms with Crippen LogP contribution in [0.15, 0.2) is 18.3 Å². The first kappa shape index (κ1) is 20.1. The Bertz CT molecular complexity index is 662. The fourth-order valence-electron chi connectivity index (χ4n) is 3.05. The Hall–Kier alpha value is -2.25. The van der Waals surface area contributed by atoms with Gasteiger partial charge in [0.1, 0.15) is 5.69 Å². The molecule has 0 aliphatic heterocycles. The van der Waals surface area contributed by atoms with Crippen molar-refractivity contribution < 1.29 is 10.2 Å². The number of nitrogens with two attached hydrogens (primary N) is 2. The highest BCUT2D eigenvalue weighted by Crippen LogP contribution is 2.46. The van der Waals surface area contributed by atoms with Gasteiger partial charge in [0, 0.05) is 23.7 Å². The number of anilines is 2. The minimum Gasteiger partial charge on any atom is -0.503 e. The van der Waals surface area contributed by atoms with Crippen LogP contribution in [0.4, 0.5) is 11.4 Å². The van der Waals surface area contributed by atoms with E-state index in [1.807, 2.05) is 26.0 Å². The summed E-state index contributed by atoms with van der Waals surface area (Å²) in [6.07, 6.45) is 5.17. The second-order valence-corrected chi connectivity index (χ2v) is 6.80. The summed E-state index contributed by atoms with van der Waals surface area (Å²) >= 11 is 0. The van der Waals surface area contributed by atoms with E-state index < -0.39 is 0 Å². The number of rotatable bonds is 10. The molecule has 7 heteroatoms. The van der Waals surface area contributed by atoms with E-state index in [-0.39, 0.29) is 23.6 Å². The van der Waals surface area contributed by atoms with E-state index in [1.165, 1.54) is 0 Å². The van der Waals surface area contributed by atoms with Crippen LogP contribution < -0.4 is 22.1 Å². The van der Waals surface area contributed by atoms with E-state index >= 15 is 0 Å². The van der Waals surface area contributed by atoms with Gasteiger partial charge in [-0.05, 0) is 64.8 Å². The first-order valence-corrected chi connectivity index (χ1v) is 9.25. The summed E-state index contributed by atoms with van der Waals surface area (Å²) in [7, 11) is 0. The summed E-state index contributed by atoms with van der Waals surface area (Å²) in [4.78, 5) is 4.43. The second-order valence-electron chi connectivity index (χ2n) is 6.80. The zero-order chi connectivity index (χ0) is 19.1. The fraction of sp³-hybridized carbons (Fsp3) is 0.526. The quantitative estimate of drug-likeness (QED) is 0.359. The van der Waals surface area contributed by atoms with Crippen molar-refractivity contribution in [3.05, 3.63) is 18.3 Å². The summed E-state index contributed by atoms with van der Waals surface area (Å²) in [6.45, 7) is 5.28. The van der Waals surface area contributed by atoms with Gasteiger partial charge in [-0.2, -0.15) is 0 Å². The van der Waals surface area contributed by atoms with Gasteiger partial charge in [-0.1, -0.05) is 0 Å². The van der Waals surface area contributed by atoms with Crippen molar-refractivity contribution in [3.8, 4) is 11.5 Å². The molecule has 26 heavy (non-hydrogen) atoms. The Morgan fingerprint density at radius 2 is 1.50 bits per heavy atom. The Morgan fingerprint density at radius 3 is 2.08 bits per heavy atom. The minimum absolute atomic E-state index is 0.0938. The third kappa shape index (κ3) is 4.68. The highest BCUT2D eigenvalue weighted by Gasteiger charge is 2.21. The summed E-state index contributed by atoms with van der Waals surface area (Å²) < 4.78 is 0. The molecule has 2 rings (SSSR count). The smallest absolute Gasteiger partial charge is 0.185 e. The average Bonchev–Trinajstić information content (AvgIpc) is 2.65. The molecule has 144 valence electrons. The molecule has 7 nitrogen and oxygen atoms in total. The van der Waals surface area contributed by atoms with Crippen molar-refractivity contribution >= 4 is 22.3 Å². The van der Waals surface area contributed by atoms with Gasteiger partial charge >= 0.3 is 0 Å². The number of hydrogen-bond donors (Lipinski definition) is 6. The highest BCUT2D eigenvalue weighted by molar-refractivity contribution is 6.05. The Labute approximate surface area is 154 Å². The first-order valence-electron chi connectivity index (χ1n) is 9.25. The van der Waals surface area contributed by atoms with Crippen LogP contribution in [0.2, 0.25) is 0 Å². The van der Waals surface area contributed by atoms with Crippen LogP contribution >= 0.6 is 0 Å². The maximum absolute atomic E-state index is 10.6. The molecule has 1 aromatic carbocycles. The number of fused-ring (bicyclic) bond motifs is 1. The summed E-state index contributed by atoms with van der Waals surface area (Å²) in [6, 6.07) is 3.90. The van der Waals surface area contributed by atoms with Crippen LogP contribution in [-0.2, 0) is 0 Å². The van der Waals surface area contributed by atoms with Crippen LogP contribution in [-0.4, -0.2) is 40.4 Å². The number of phenols is 2. The Balaban J connectivity index is 2.40. The molecular formula is C19H31N5O2. The van der Waals surface area contributed by atoms with Gasteiger partial charge in [0.2, 0.25) is 0 Å². The van der Waals surface area contributed by atoms with Gasteiger partial charge in [0.25, 0.3) is 0 Å². The van der Waals surface area contributed by atoms with Gasteiger partial charge in [0.05, 0.1) is 11.2 Å². The average molecular weight is 361 g/mol. The maximum atomic E-state index is 10.6. The Kier molecular flexibility index (Phi) is 7.29. The van der Waals surface area contributed by atoms with Crippen LogP contribution in [0, 0.1) is 0 Å². The SMILES string of the molecule is CC(CCCN)Nc1c(O)c(O)c(NC(C)CCCN)c2ncccc12. The number of nitrogens with zero attached hydrogens (tertiary/aromatic N) is 1. The number of benzene rings is 1. The van der Waals surface area contributed by atoms with E-state index in [4.69, 9.17) is 11.5 Å². The molecule has 1 aromatic heterocycles. The van der Waals surface area contributed by atoms with E-state index in [0.717, 1.165) is 31.1 Å². The van der Waals surface area contributed by atoms with Crippen LogP contribution in [0.5, 0.6) is 11.5 Å². The van der Waals surface area contributed by atoms with E-state index in [2.05, 4.69) is 15.6 Å². The standard InChI is InChI=1S/C19H31N5O2/c1-12(6-3-9-20)23-16-14-8-5-11-22-15(14)17(19(26)18(16)25)24-13(2)7-4-10-21/h5,8,11-13,23-26H,3-4,6-7,9-10,20-21H2,1-2H3. The van der Waals surface area contributed by atoms with Gasteiger partial charge in [-0.25, -0.2) is 0 Å². The molecule has 0 saturated carbocycles.